The van der Waals surface area contributed by atoms with Crippen LogP contribution in [0.5, 0.6) is 0 Å². The molecular weight excluding hydrogens is 448 g/mol. The zero-order valence-corrected chi connectivity index (χ0v) is 19.9. The Bertz CT molecular complexity index is 984. The van der Waals surface area contributed by atoms with Gasteiger partial charge >= 0.3 is 5.97 Å². The zero-order valence-electron chi connectivity index (χ0n) is 18.3. The summed E-state index contributed by atoms with van der Waals surface area (Å²) in [6, 6.07) is 16.9. The highest BCUT2D eigenvalue weighted by Gasteiger charge is 2.49. The molecule has 2 aromatic carbocycles. The Morgan fingerprint density at radius 2 is 1.75 bits per heavy atom. The Labute approximate surface area is 194 Å². The molecule has 1 aliphatic heterocycles. The molecule has 0 spiro atoms. The van der Waals surface area contributed by atoms with Crippen LogP contribution in [0.3, 0.4) is 0 Å². The number of esters is 1. The number of benzene rings is 2. The third-order valence-corrected chi connectivity index (χ3v) is 8.35. The highest BCUT2D eigenvalue weighted by molar-refractivity contribution is 8.00. The lowest BCUT2D eigenvalue weighted by Gasteiger charge is -2.43. The van der Waals surface area contributed by atoms with E-state index in [0.717, 1.165) is 11.1 Å². The molecule has 0 bridgehead atoms. The van der Waals surface area contributed by atoms with Gasteiger partial charge in [-0.25, -0.2) is 0 Å². The SMILES string of the molecule is CC1(C)SCCN(S(=O)(=O)N[C@@H](CO)Cc2ccccc2)[C@@H]1C(=O)OCc1ccccc1. The summed E-state index contributed by atoms with van der Waals surface area (Å²) in [6.45, 7) is 3.59. The van der Waals surface area contributed by atoms with E-state index < -0.39 is 33.0 Å². The molecule has 9 heteroatoms. The van der Waals surface area contributed by atoms with Gasteiger partial charge in [0.2, 0.25) is 0 Å². The first-order valence-electron chi connectivity index (χ1n) is 10.5. The van der Waals surface area contributed by atoms with Crippen LogP contribution in [-0.4, -0.2) is 59.5 Å². The van der Waals surface area contributed by atoms with Gasteiger partial charge < -0.3 is 9.84 Å². The molecule has 1 saturated heterocycles. The molecule has 2 aromatic rings. The first kappa shape index (κ1) is 24.7. The van der Waals surface area contributed by atoms with Gasteiger partial charge in [0.05, 0.1) is 12.6 Å². The smallest absolute Gasteiger partial charge is 0.326 e. The van der Waals surface area contributed by atoms with E-state index in [4.69, 9.17) is 4.74 Å². The Morgan fingerprint density at radius 3 is 2.34 bits per heavy atom. The van der Waals surface area contributed by atoms with E-state index in [-0.39, 0.29) is 19.8 Å². The topological polar surface area (TPSA) is 95.9 Å². The molecule has 32 heavy (non-hydrogen) atoms. The summed E-state index contributed by atoms with van der Waals surface area (Å²) in [5, 5.41) is 9.80. The predicted octanol–water partition coefficient (Wildman–Crippen LogP) is 2.36. The molecule has 2 atom stereocenters. The van der Waals surface area contributed by atoms with Crippen LogP contribution in [-0.2, 0) is 32.8 Å². The number of thioether (sulfide) groups is 1. The number of nitrogens with zero attached hydrogens (tertiary/aromatic N) is 1. The lowest BCUT2D eigenvalue weighted by atomic mass is 10.0. The Balaban J connectivity index is 1.76. The fourth-order valence-electron chi connectivity index (χ4n) is 3.74. The number of aliphatic hydroxyl groups is 1. The molecule has 0 radical (unpaired) electrons. The van der Waals surface area contributed by atoms with Crippen LogP contribution in [0.15, 0.2) is 60.7 Å². The number of carbonyl (C=O) groups is 1. The highest BCUT2D eigenvalue weighted by atomic mass is 32.2. The molecule has 0 amide bonds. The van der Waals surface area contributed by atoms with Crippen LogP contribution in [0, 0.1) is 0 Å². The highest BCUT2D eigenvalue weighted by Crippen LogP contribution is 2.37. The van der Waals surface area contributed by atoms with Crippen molar-refractivity contribution in [2.75, 3.05) is 18.9 Å². The maximum absolute atomic E-state index is 13.3. The first-order chi connectivity index (χ1) is 15.2. The maximum Gasteiger partial charge on any atom is 0.326 e. The second kappa shape index (κ2) is 10.8. The molecule has 0 aromatic heterocycles. The average molecular weight is 479 g/mol. The van der Waals surface area contributed by atoms with Crippen LogP contribution >= 0.6 is 11.8 Å². The summed E-state index contributed by atoms with van der Waals surface area (Å²) in [7, 11) is -4.05. The van der Waals surface area contributed by atoms with Crippen molar-refractivity contribution in [1.29, 1.82) is 0 Å². The van der Waals surface area contributed by atoms with Gasteiger partial charge in [0.25, 0.3) is 10.2 Å². The minimum Gasteiger partial charge on any atom is -0.460 e. The zero-order chi connectivity index (χ0) is 23.2. The maximum atomic E-state index is 13.3. The summed E-state index contributed by atoms with van der Waals surface area (Å²) < 4.78 is 35.2. The molecule has 3 rings (SSSR count). The van der Waals surface area contributed by atoms with Gasteiger partial charge in [-0.15, -0.1) is 0 Å². The number of ether oxygens (including phenoxy) is 1. The van der Waals surface area contributed by atoms with Crippen molar-refractivity contribution in [3.8, 4) is 0 Å². The van der Waals surface area contributed by atoms with Crippen LogP contribution in [0.25, 0.3) is 0 Å². The van der Waals surface area contributed by atoms with Crippen molar-refractivity contribution in [2.45, 2.75) is 43.7 Å². The van der Waals surface area contributed by atoms with Gasteiger partial charge in [0.15, 0.2) is 0 Å². The second-order valence-corrected chi connectivity index (χ2v) is 11.7. The number of hydrogen-bond acceptors (Lipinski definition) is 6. The summed E-state index contributed by atoms with van der Waals surface area (Å²) in [4.78, 5) is 13.1. The third-order valence-electron chi connectivity index (χ3n) is 5.35. The van der Waals surface area contributed by atoms with Gasteiger partial charge in [0.1, 0.15) is 12.6 Å². The number of carbonyl (C=O) groups excluding carboxylic acids is 1. The van der Waals surface area contributed by atoms with Crippen molar-refractivity contribution in [3.63, 3.8) is 0 Å². The number of aliphatic hydroxyl groups excluding tert-OH is 1. The van der Waals surface area contributed by atoms with E-state index in [0.29, 0.717) is 12.2 Å². The Morgan fingerprint density at radius 1 is 1.16 bits per heavy atom. The lowest BCUT2D eigenvalue weighted by molar-refractivity contribution is -0.150. The van der Waals surface area contributed by atoms with Crippen molar-refractivity contribution >= 4 is 27.9 Å². The van der Waals surface area contributed by atoms with E-state index in [2.05, 4.69) is 4.72 Å². The van der Waals surface area contributed by atoms with Crippen LogP contribution in [0.1, 0.15) is 25.0 Å². The fourth-order valence-corrected chi connectivity index (χ4v) is 6.79. The molecule has 1 heterocycles. The van der Waals surface area contributed by atoms with E-state index in [1.165, 1.54) is 4.31 Å². The molecule has 1 fully saturated rings. The Hall–Kier alpha value is -1.91. The largest absolute Gasteiger partial charge is 0.460 e. The average Bonchev–Trinajstić information content (AvgIpc) is 2.77. The van der Waals surface area contributed by atoms with Crippen molar-refractivity contribution in [3.05, 3.63) is 71.8 Å². The van der Waals surface area contributed by atoms with Gasteiger partial charge in [-0.2, -0.15) is 29.2 Å². The molecule has 7 nitrogen and oxygen atoms in total. The van der Waals surface area contributed by atoms with Crippen molar-refractivity contribution in [2.24, 2.45) is 0 Å². The summed E-state index contributed by atoms with van der Waals surface area (Å²) >= 11 is 1.54. The molecular formula is C23H30N2O5S2. The lowest BCUT2D eigenvalue weighted by Crippen LogP contribution is -2.62. The second-order valence-electron chi connectivity index (χ2n) is 8.25. The monoisotopic (exact) mass is 478 g/mol. The van der Waals surface area contributed by atoms with Crippen molar-refractivity contribution < 1.29 is 23.1 Å². The minimum atomic E-state index is -4.05. The quantitative estimate of drug-likeness (QED) is 0.537. The van der Waals surface area contributed by atoms with Gasteiger partial charge in [-0.3, -0.25) is 4.79 Å². The van der Waals surface area contributed by atoms with Crippen LogP contribution in [0.2, 0.25) is 0 Å². The third kappa shape index (κ3) is 6.32. The Kier molecular flexibility index (Phi) is 8.35. The van der Waals surface area contributed by atoms with E-state index in [9.17, 15) is 18.3 Å². The van der Waals surface area contributed by atoms with Crippen LogP contribution in [0.4, 0.5) is 0 Å². The first-order valence-corrected chi connectivity index (χ1v) is 12.9. The van der Waals surface area contributed by atoms with Crippen molar-refractivity contribution in [1.82, 2.24) is 9.03 Å². The number of rotatable bonds is 9. The molecule has 2 N–H and O–H groups in total. The molecule has 1 aliphatic rings. The fraction of sp³-hybridized carbons (Fsp3) is 0.435. The van der Waals surface area contributed by atoms with E-state index in [1.807, 2.05) is 74.5 Å². The summed E-state index contributed by atoms with van der Waals surface area (Å²) in [6.07, 6.45) is 0.339. The summed E-state index contributed by atoms with van der Waals surface area (Å²) in [5.41, 5.74) is 1.74. The van der Waals surface area contributed by atoms with Gasteiger partial charge in [-0.05, 0) is 31.4 Å². The predicted molar refractivity (Wildman–Crippen MR) is 126 cm³/mol. The molecule has 174 valence electrons. The van der Waals surface area contributed by atoms with E-state index in [1.54, 1.807) is 11.8 Å². The molecule has 0 unspecified atom stereocenters. The standard InChI is InChI=1S/C23H30N2O5S2/c1-23(2)21(22(27)30-17-19-11-7-4-8-12-19)25(13-14-31-23)32(28,29)24-20(16-26)15-18-9-5-3-6-10-18/h3-12,20-21,24,26H,13-17H2,1-2H3/t20-,21-/m1/s1. The number of hydrogen-bond donors (Lipinski definition) is 2. The number of nitrogens with one attached hydrogen (secondary N) is 1. The minimum absolute atomic E-state index is 0.0749. The molecule has 0 aliphatic carbocycles. The van der Waals surface area contributed by atoms with E-state index >= 15 is 0 Å². The summed E-state index contributed by atoms with van der Waals surface area (Å²) in [5.74, 6) is -0.0289. The molecule has 0 saturated carbocycles. The normalized spacial score (nSPS) is 19.9. The van der Waals surface area contributed by atoms with Gasteiger partial charge in [0, 0.05) is 17.0 Å². The van der Waals surface area contributed by atoms with Crippen LogP contribution < -0.4 is 4.72 Å². The van der Waals surface area contributed by atoms with Gasteiger partial charge in [-0.1, -0.05) is 60.7 Å².